The average Bonchev–Trinajstić information content (AvgIpc) is 2.50. The van der Waals surface area contributed by atoms with E-state index in [0.717, 1.165) is 5.69 Å². The highest BCUT2D eigenvalue weighted by atomic mass is 35.5. The maximum Gasteiger partial charge on any atom is 0.251 e. The predicted molar refractivity (Wildman–Crippen MR) is 72.4 cm³/mol. The first-order chi connectivity index (χ1) is 8.47. The second kappa shape index (κ2) is 5.34. The Morgan fingerprint density at radius 2 is 2.17 bits per heavy atom. The molecule has 0 aliphatic heterocycles. The fraction of sp³-hybridized carbons (Fsp3) is 0.300. The van der Waals surface area contributed by atoms with Crippen LogP contribution in [-0.4, -0.2) is 19.5 Å². The van der Waals surface area contributed by atoms with Gasteiger partial charge in [-0.05, 0) is 18.5 Å². The Kier molecular flexibility index (Phi) is 3.99. The molecule has 0 unspecified atom stereocenters. The van der Waals surface area contributed by atoms with Crippen molar-refractivity contribution in [3.8, 4) is 0 Å². The Labute approximate surface area is 118 Å². The van der Waals surface area contributed by atoms with E-state index in [9.17, 15) is 4.79 Å². The first-order valence-electron chi connectivity index (χ1n) is 5.04. The molecular formula is C10H10Cl2N4OS. The zero-order valence-electron chi connectivity index (χ0n) is 9.70. The lowest BCUT2D eigenvalue weighted by molar-refractivity contribution is 0.862. The van der Waals surface area contributed by atoms with Crippen LogP contribution in [0.25, 0.3) is 0 Å². The van der Waals surface area contributed by atoms with Crippen molar-refractivity contribution in [3.05, 3.63) is 38.2 Å². The highest BCUT2D eigenvalue weighted by molar-refractivity contribution is 7.98. The van der Waals surface area contributed by atoms with Gasteiger partial charge < -0.3 is 9.55 Å². The number of halogens is 2. The van der Waals surface area contributed by atoms with Crippen LogP contribution < -0.4 is 5.56 Å². The van der Waals surface area contributed by atoms with E-state index in [1.54, 1.807) is 18.5 Å². The van der Waals surface area contributed by atoms with Crippen LogP contribution in [0.15, 0.2) is 16.0 Å². The molecule has 0 atom stereocenters. The largest absolute Gasteiger partial charge is 0.320 e. The first kappa shape index (κ1) is 13.5. The number of aryl methyl sites for hydroxylation is 1. The number of thioether (sulfide) groups is 1. The van der Waals surface area contributed by atoms with Crippen LogP contribution >= 0.6 is 35.0 Å². The Morgan fingerprint density at radius 1 is 1.44 bits per heavy atom. The normalized spacial score (nSPS) is 10.9. The molecule has 0 aromatic carbocycles. The third-order valence-electron chi connectivity index (χ3n) is 2.30. The van der Waals surface area contributed by atoms with Crippen LogP contribution in [0.1, 0.15) is 11.4 Å². The standard InChI is InChI=1S/C10H10Cl2N4OS/c1-5-3-7(17)14-10(13-5)18-4-6-8(11)15-9(12)16(6)2/h3H,4H2,1-2H3,(H,13,14,17). The Bertz CT molecular complexity index is 637. The molecular weight excluding hydrogens is 295 g/mol. The summed E-state index contributed by atoms with van der Waals surface area (Å²) in [7, 11) is 1.78. The molecule has 0 saturated heterocycles. The first-order valence-corrected chi connectivity index (χ1v) is 6.79. The number of nitrogens with zero attached hydrogens (tertiary/aromatic N) is 3. The van der Waals surface area contributed by atoms with Gasteiger partial charge in [0.05, 0.1) is 5.69 Å². The van der Waals surface area contributed by atoms with Gasteiger partial charge in [0.1, 0.15) is 0 Å². The predicted octanol–water partition coefficient (Wildman–Crippen LogP) is 2.41. The SMILES string of the molecule is Cc1cc(=O)[nH]c(SCc2c(Cl)nc(Cl)n2C)n1. The average molecular weight is 305 g/mol. The van der Waals surface area contributed by atoms with E-state index in [1.807, 2.05) is 0 Å². The number of H-pyrrole nitrogens is 1. The molecule has 5 nitrogen and oxygen atoms in total. The highest BCUT2D eigenvalue weighted by Crippen LogP contribution is 2.26. The highest BCUT2D eigenvalue weighted by Gasteiger charge is 2.12. The lowest BCUT2D eigenvalue weighted by Crippen LogP contribution is -2.08. The Morgan fingerprint density at radius 3 is 2.72 bits per heavy atom. The number of hydrogen-bond donors (Lipinski definition) is 1. The summed E-state index contributed by atoms with van der Waals surface area (Å²) in [6, 6.07) is 1.44. The van der Waals surface area contributed by atoms with Crippen LogP contribution in [0.5, 0.6) is 0 Å². The molecule has 0 aliphatic rings. The molecule has 96 valence electrons. The van der Waals surface area contributed by atoms with Crippen LogP contribution in [0.2, 0.25) is 10.4 Å². The van der Waals surface area contributed by atoms with Gasteiger partial charge in [-0.25, -0.2) is 9.97 Å². The molecule has 0 fully saturated rings. The minimum absolute atomic E-state index is 0.167. The van der Waals surface area contributed by atoms with Gasteiger partial charge in [-0.2, -0.15) is 0 Å². The molecule has 8 heteroatoms. The minimum atomic E-state index is -0.167. The van der Waals surface area contributed by atoms with Crippen LogP contribution in [-0.2, 0) is 12.8 Å². The molecule has 0 spiro atoms. The van der Waals surface area contributed by atoms with Crippen LogP contribution in [0, 0.1) is 6.92 Å². The van der Waals surface area contributed by atoms with Crippen molar-refractivity contribution >= 4 is 35.0 Å². The molecule has 1 N–H and O–H groups in total. The molecule has 18 heavy (non-hydrogen) atoms. The zero-order valence-corrected chi connectivity index (χ0v) is 12.0. The summed E-state index contributed by atoms with van der Waals surface area (Å²) < 4.78 is 1.70. The summed E-state index contributed by atoms with van der Waals surface area (Å²) in [5.74, 6) is 0.529. The van der Waals surface area contributed by atoms with Gasteiger partial charge >= 0.3 is 0 Å². The van der Waals surface area contributed by atoms with Crippen LogP contribution in [0.3, 0.4) is 0 Å². The van der Waals surface area contributed by atoms with Gasteiger partial charge in [-0.3, -0.25) is 4.79 Å². The van der Waals surface area contributed by atoms with Crippen molar-refractivity contribution in [2.75, 3.05) is 0 Å². The lowest BCUT2D eigenvalue weighted by Gasteiger charge is -2.03. The molecule has 2 rings (SSSR count). The summed E-state index contributed by atoms with van der Waals surface area (Å²) in [5.41, 5.74) is 1.30. The number of aromatic amines is 1. The van der Waals surface area contributed by atoms with E-state index in [0.29, 0.717) is 27.0 Å². The van der Waals surface area contributed by atoms with Gasteiger partial charge in [0.25, 0.3) is 5.56 Å². The van der Waals surface area contributed by atoms with E-state index in [4.69, 9.17) is 23.2 Å². The fourth-order valence-electron chi connectivity index (χ4n) is 1.38. The smallest absolute Gasteiger partial charge is 0.251 e. The van der Waals surface area contributed by atoms with E-state index < -0.39 is 0 Å². The number of nitrogens with one attached hydrogen (secondary N) is 1. The summed E-state index contributed by atoms with van der Waals surface area (Å²) in [6.07, 6.45) is 0. The van der Waals surface area contributed by atoms with Gasteiger partial charge in [-0.15, -0.1) is 0 Å². The Balaban J connectivity index is 2.18. The lowest BCUT2D eigenvalue weighted by atomic mass is 10.5. The topological polar surface area (TPSA) is 63.6 Å². The van der Waals surface area contributed by atoms with E-state index >= 15 is 0 Å². The summed E-state index contributed by atoms with van der Waals surface area (Å²) >= 11 is 13.2. The molecule has 2 heterocycles. The minimum Gasteiger partial charge on any atom is -0.320 e. The summed E-state index contributed by atoms with van der Waals surface area (Å²) in [6.45, 7) is 1.77. The molecule has 2 aromatic rings. The van der Waals surface area contributed by atoms with Gasteiger partial charge in [0.2, 0.25) is 5.28 Å². The van der Waals surface area contributed by atoms with Crippen molar-refractivity contribution in [3.63, 3.8) is 0 Å². The molecule has 0 bridgehead atoms. The third-order valence-corrected chi connectivity index (χ3v) is 3.83. The van der Waals surface area contributed by atoms with Gasteiger partial charge in [0, 0.05) is 24.6 Å². The number of rotatable bonds is 3. The second-order valence-electron chi connectivity index (χ2n) is 3.66. The van der Waals surface area contributed by atoms with Crippen molar-refractivity contribution in [2.24, 2.45) is 7.05 Å². The quantitative estimate of drug-likeness (QED) is 0.698. The fourth-order valence-corrected chi connectivity index (χ4v) is 2.95. The number of aromatic nitrogens is 4. The molecule has 0 amide bonds. The van der Waals surface area contributed by atoms with Crippen molar-refractivity contribution in [2.45, 2.75) is 17.8 Å². The zero-order chi connectivity index (χ0) is 13.3. The van der Waals surface area contributed by atoms with E-state index in [1.165, 1.54) is 17.8 Å². The molecule has 2 aromatic heterocycles. The molecule has 0 radical (unpaired) electrons. The second-order valence-corrected chi connectivity index (χ2v) is 5.32. The van der Waals surface area contributed by atoms with Gasteiger partial charge in [-0.1, -0.05) is 23.4 Å². The third kappa shape index (κ3) is 2.88. The molecule has 0 aliphatic carbocycles. The van der Waals surface area contributed by atoms with E-state index in [-0.39, 0.29) is 5.56 Å². The maximum absolute atomic E-state index is 11.3. The van der Waals surface area contributed by atoms with Crippen molar-refractivity contribution in [1.82, 2.24) is 19.5 Å². The van der Waals surface area contributed by atoms with Gasteiger partial charge in [0.15, 0.2) is 10.3 Å². The van der Waals surface area contributed by atoms with Crippen molar-refractivity contribution in [1.29, 1.82) is 0 Å². The number of hydrogen-bond acceptors (Lipinski definition) is 4. The summed E-state index contributed by atoms with van der Waals surface area (Å²) in [5, 5.41) is 1.25. The van der Waals surface area contributed by atoms with E-state index in [2.05, 4.69) is 15.0 Å². The van der Waals surface area contributed by atoms with Crippen molar-refractivity contribution < 1.29 is 0 Å². The molecule has 0 saturated carbocycles. The number of imidazole rings is 1. The maximum atomic E-state index is 11.3. The monoisotopic (exact) mass is 304 g/mol. The summed E-state index contributed by atoms with van der Waals surface area (Å²) in [4.78, 5) is 22.1. The van der Waals surface area contributed by atoms with Crippen LogP contribution in [0.4, 0.5) is 0 Å². The Hall–Kier alpha value is -0.980.